The largest absolute Gasteiger partial charge is 0.356 e. The van der Waals surface area contributed by atoms with Crippen LogP contribution in [0.5, 0.6) is 0 Å². The van der Waals surface area contributed by atoms with Crippen LogP contribution in [0.3, 0.4) is 0 Å². The zero-order valence-electron chi connectivity index (χ0n) is 15.6. The van der Waals surface area contributed by atoms with Gasteiger partial charge in [0, 0.05) is 37.9 Å². The van der Waals surface area contributed by atoms with Crippen molar-refractivity contribution in [1.82, 2.24) is 15.2 Å². The predicted molar refractivity (Wildman–Crippen MR) is 105 cm³/mol. The Morgan fingerprint density at radius 3 is 2.48 bits per heavy atom. The Labute approximate surface area is 160 Å². The van der Waals surface area contributed by atoms with Gasteiger partial charge >= 0.3 is 0 Å². The standard InChI is InChI=1S/C22H27N3O2/c26-21(16-19-9-4-12-23-17-19)25-14-10-20(11-15-25)22(27)24-13-5-8-18-6-2-1-3-7-18/h1-4,6-7,9,12,17,20H,5,8,10-11,13-16H2,(H,24,27). The lowest BCUT2D eigenvalue weighted by Gasteiger charge is -2.31. The number of hydrogen-bond acceptors (Lipinski definition) is 3. The summed E-state index contributed by atoms with van der Waals surface area (Å²) >= 11 is 0. The summed E-state index contributed by atoms with van der Waals surface area (Å²) in [5.41, 5.74) is 2.23. The molecule has 0 aliphatic carbocycles. The van der Waals surface area contributed by atoms with Crippen molar-refractivity contribution in [3.8, 4) is 0 Å². The van der Waals surface area contributed by atoms with Gasteiger partial charge in [0.2, 0.25) is 11.8 Å². The lowest BCUT2D eigenvalue weighted by atomic mass is 9.95. The van der Waals surface area contributed by atoms with Gasteiger partial charge in [-0.05, 0) is 42.9 Å². The average molecular weight is 365 g/mol. The van der Waals surface area contributed by atoms with Gasteiger partial charge in [-0.1, -0.05) is 36.4 Å². The third-order valence-electron chi connectivity index (χ3n) is 5.08. The molecule has 0 radical (unpaired) electrons. The first-order chi connectivity index (χ1) is 13.2. The summed E-state index contributed by atoms with van der Waals surface area (Å²) < 4.78 is 0. The van der Waals surface area contributed by atoms with Gasteiger partial charge in [-0.25, -0.2) is 0 Å². The number of nitrogens with one attached hydrogen (secondary N) is 1. The van der Waals surface area contributed by atoms with E-state index in [1.165, 1.54) is 5.56 Å². The highest BCUT2D eigenvalue weighted by Crippen LogP contribution is 2.18. The van der Waals surface area contributed by atoms with Crippen LogP contribution in [0.1, 0.15) is 30.4 Å². The van der Waals surface area contributed by atoms with Crippen molar-refractivity contribution in [2.24, 2.45) is 5.92 Å². The molecule has 0 bridgehead atoms. The van der Waals surface area contributed by atoms with Crippen molar-refractivity contribution >= 4 is 11.8 Å². The Morgan fingerprint density at radius 1 is 1.04 bits per heavy atom. The Bertz CT molecular complexity index is 726. The molecule has 3 rings (SSSR count). The predicted octanol–water partition coefficient (Wildman–Crippen LogP) is 2.61. The van der Waals surface area contributed by atoms with E-state index in [9.17, 15) is 9.59 Å². The number of nitrogens with zero attached hydrogens (tertiary/aromatic N) is 2. The normalized spacial score (nSPS) is 14.7. The third kappa shape index (κ3) is 5.91. The van der Waals surface area contributed by atoms with Crippen molar-refractivity contribution in [2.45, 2.75) is 32.1 Å². The topological polar surface area (TPSA) is 62.3 Å². The SMILES string of the molecule is O=C(NCCCc1ccccc1)C1CCN(C(=O)Cc2cccnc2)CC1. The van der Waals surface area contributed by atoms with E-state index < -0.39 is 0 Å². The number of benzene rings is 1. The molecule has 2 amide bonds. The number of hydrogen-bond donors (Lipinski definition) is 1. The van der Waals surface area contributed by atoms with Gasteiger partial charge < -0.3 is 10.2 Å². The number of carbonyl (C=O) groups excluding carboxylic acids is 2. The third-order valence-corrected chi connectivity index (χ3v) is 5.08. The molecule has 1 aliphatic heterocycles. The first kappa shape index (κ1) is 19.1. The van der Waals surface area contributed by atoms with E-state index in [1.54, 1.807) is 12.4 Å². The number of piperidine rings is 1. The summed E-state index contributed by atoms with van der Waals surface area (Å²) in [5.74, 6) is 0.260. The Balaban J connectivity index is 1.34. The molecular weight excluding hydrogens is 338 g/mol. The van der Waals surface area contributed by atoms with Crippen LogP contribution in [0, 0.1) is 5.92 Å². The lowest BCUT2D eigenvalue weighted by Crippen LogP contribution is -2.43. The number of pyridine rings is 1. The molecule has 1 fully saturated rings. The van der Waals surface area contributed by atoms with Crippen LogP contribution in [0.2, 0.25) is 0 Å². The highest BCUT2D eigenvalue weighted by atomic mass is 16.2. The molecule has 142 valence electrons. The minimum Gasteiger partial charge on any atom is -0.356 e. The van der Waals surface area contributed by atoms with E-state index in [1.807, 2.05) is 35.2 Å². The second-order valence-electron chi connectivity index (χ2n) is 7.07. The summed E-state index contributed by atoms with van der Waals surface area (Å²) in [6, 6.07) is 14.1. The minimum atomic E-state index is 0.0177. The van der Waals surface area contributed by atoms with E-state index in [0.29, 0.717) is 26.1 Å². The molecule has 0 unspecified atom stereocenters. The summed E-state index contributed by atoms with van der Waals surface area (Å²) in [6.07, 6.45) is 7.21. The van der Waals surface area contributed by atoms with E-state index in [-0.39, 0.29) is 17.7 Å². The molecule has 0 atom stereocenters. The number of amides is 2. The molecule has 0 spiro atoms. The molecule has 0 saturated carbocycles. The first-order valence-electron chi connectivity index (χ1n) is 9.70. The molecule has 1 aromatic carbocycles. The van der Waals surface area contributed by atoms with Gasteiger partial charge in [-0.2, -0.15) is 0 Å². The molecule has 1 aliphatic rings. The quantitative estimate of drug-likeness (QED) is 0.767. The fraction of sp³-hybridized carbons (Fsp3) is 0.409. The summed E-state index contributed by atoms with van der Waals surface area (Å²) in [7, 11) is 0. The smallest absolute Gasteiger partial charge is 0.227 e. The van der Waals surface area contributed by atoms with Gasteiger partial charge in [0.15, 0.2) is 0 Å². The molecule has 5 heteroatoms. The summed E-state index contributed by atoms with van der Waals surface area (Å²) in [4.78, 5) is 30.7. The fourth-order valence-electron chi connectivity index (χ4n) is 3.47. The van der Waals surface area contributed by atoms with Gasteiger partial charge in [-0.3, -0.25) is 14.6 Å². The number of carbonyl (C=O) groups is 2. The zero-order chi connectivity index (χ0) is 18.9. The second-order valence-corrected chi connectivity index (χ2v) is 7.07. The van der Waals surface area contributed by atoms with Crippen LogP contribution in [-0.2, 0) is 22.4 Å². The van der Waals surface area contributed by atoms with Crippen LogP contribution in [0.15, 0.2) is 54.9 Å². The highest BCUT2D eigenvalue weighted by molar-refractivity contribution is 5.81. The number of rotatable bonds is 7. The minimum absolute atomic E-state index is 0.0177. The highest BCUT2D eigenvalue weighted by Gasteiger charge is 2.27. The number of likely N-dealkylation sites (tertiary alicyclic amines) is 1. The summed E-state index contributed by atoms with van der Waals surface area (Å²) in [6.45, 7) is 2.01. The first-order valence-corrected chi connectivity index (χ1v) is 9.70. The number of aromatic nitrogens is 1. The van der Waals surface area contributed by atoms with Gasteiger partial charge in [0.25, 0.3) is 0 Å². The van der Waals surface area contributed by atoms with Crippen LogP contribution in [0.25, 0.3) is 0 Å². The molecule has 27 heavy (non-hydrogen) atoms. The van der Waals surface area contributed by atoms with Crippen LogP contribution in [0.4, 0.5) is 0 Å². The van der Waals surface area contributed by atoms with Crippen molar-refractivity contribution in [3.63, 3.8) is 0 Å². The Hall–Kier alpha value is -2.69. The molecule has 2 heterocycles. The molecule has 1 aromatic heterocycles. The molecule has 2 aromatic rings. The second kappa shape index (κ2) is 9.86. The van der Waals surface area contributed by atoms with Crippen molar-refractivity contribution in [1.29, 1.82) is 0 Å². The van der Waals surface area contributed by atoms with E-state index in [0.717, 1.165) is 31.2 Å². The van der Waals surface area contributed by atoms with Crippen molar-refractivity contribution in [2.75, 3.05) is 19.6 Å². The van der Waals surface area contributed by atoms with Crippen LogP contribution >= 0.6 is 0 Å². The maximum atomic E-state index is 12.4. The van der Waals surface area contributed by atoms with Gasteiger partial charge in [-0.15, -0.1) is 0 Å². The number of aryl methyl sites for hydroxylation is 1. The van der Waals surface area contributed by atoms with Gasteiger partial charge in [0.1, 0.15) is 0 Å². The maximum absolute atomic E-state index is 12.4. The van der Waals surface area contributed by atoms with Crippen LogP contribution in [-0.4, -0.2) is 41.3 Å². The Morgan fingerprint density at radius 2 is 1.78 bits per heavy atom. The lowest BCUT2D eigenvalue weighted by molar-refractivity contribution is -0.135. The molecule has 1 N–H and O–H groups in total. The van der Waals surface area contributed by atoms with E-state index >= 15 is 0 Å². The van der Waals surface area contributed by atoms with Gasteiger partial charge in [0.05, 0.1) is 6.42 Å². The molecular formula is C22H27N3O2. The fourth-order valence-corrected chi connectivity index (χ4v) is 3.47. The molecule has 5 nitrogen and oxygen atoms in total. The van der Waals surface area contributed by atoms with E-state index in [4.69, 9.17) is 0 Å². The monoisotopic (exact) mass is 365 g/mol. The van der Waals surface area contributed by atoms with E-state index in [2.05, 4.69) is 22.4 Å². The van der Waals surface area contributed by atoms with Crippen LogP contribution < -0.4 is 5.32 Å². The average Bonchev–Trinajstić information content (AvgIpc) is 2.72. The maximum Gasteiger partial charge on any atom is 0.227 e. The summed E-state index contributed by atoms with van der Waals surface area (Å²) in [5, 5.41) is 3.06. The zero-order valence-corrected chi connectivity index (χ0v) is 15.6. The molecule has 1 saturated heterocycles. The Kier molecular flexibility index (Phi) is 6.97. The van der Waals surface area contributed by atoms with Crippen molar-refractivity contribution < 1.29 is 9.59 Å². The van der Waals surface area contributed by atoms with Crippen molar-refractivity contribution in [3.05, 3.63) is 66.0 Å².